The van der Waals surface area contributed by atoms with Crippen LogP contribution in [0.15, 0.2) is 44.1 Å². The number of aromatic nitrogens is 3. The first-order valence-electron chi connectivity index (χ1n) is 9.79. The van der Waals surface area contributed by atoms with Gasteiger partial charge in [0.15, 0.2) is 0 Å². The van der Waals surface area contributed by atoms with Crippen LogP contribution >= 0.6 is 23.1 Å². The molecular formula is C22H18N4O2S2. The fraction of sp³-hybridized carbons (Fsp3) is 0.273. The van der Waals surface area contributed by atoms with Crippen molar-refractivity contribution in [3.8, 4) is 17.4 Å². The number of nitriles is 1. The smallest absolute Gasteiger partial charge is 0.260 e. The molecule has 1 aliphatic carbocycles. The first-order valence-corrected chi connectivity index (χ1v) is 11.5. The minimum atomic E-state index is -0.186. The number of rotatable bonds is 4. The van der Waals surface area contributed by atoms with Gasteiger partial charge < -0.3 is 9.40 Å². The standard InChI is InChI=1S/C22H18N4O2S2/c1-12(30-21-14(10-23)9-13-5-2-3-6-16(13)24-21)19-25-20(27)18-15(11-29-22(18)26-19)17-7-4-8-28-17/h4,7-9,11-12H,2-3,5-6H2,1H3,(H,25,26,27). The number of hydrogen-bond acceptors (Lipinski definition) is 7. The van der Waals surface area contributed by atoms with E-state index in [4.69, 9.17) is 14.4 Å². The molecule has 4 aromatic rings. The Kier molecular flexibility index (Phi) is 4.93. The van der Waals surface area contributed by atoms with E-state index in [9.17, 15) is 10.1 Å². The highest BCUT2D eigenvalue weighted by Crippen LogP contribution is 2.37. The molecule has 8 heteroatoms. The molecule has 5 rings (SSSR count). The van der Waals surface area contributed by atoms with Crippen LogP contribution in [0.2, 0.25) is 0 Å². The molecule has 0 saturated carbocycles. The number of nitrogens with zero attached hydrogens (tertiary/aromatic N) is 3. The molecule has 1 atom stereocenters. The molecule has 4 heterocycles. The number of thioether (sulfide) groups is 1. The van der Waals surface area contributed by atoms with E-state index in [0.29, 0.717) is 32.4 Å². The quantitative estimate of drug-likeness (QED) is 0.441. The number of thiophene rings is 1. The summed E-state index contributed by atoms with van der Waals surface area (Å²) in [6.45, 7) is 1.97. The number of aryl methyl sites for hydroxylation is 2. The van der Waals surface area contributed by atoms with Crippen molar-refractivity contribution in [3.63, 3.8) is 0 Å². The second-order valence-corrected chi connectivity index (χ2v) is 9.47. The van der Waals surface area contributed by atoms with Crippen molar-refractivity contribution in [2.45, 2.75) is 42.9 Å². The Morgan fingerprint density at radius 1 is 1.33 bits per heavy atom. The molecular weight excluding hydrogens is 416 g/mol. The molecule has 0 bridgehead atoms. The Morgan fingerprint density at radius 2 is 2.20 bits per heavy atom. The molecule has 0 fully saturated rings. The van der Waals surface area contributed by atoms with E-state index >= 15 is 0 Å². The highest BCUT2D eigenvalue weighted by Gasteiger charge is 2.21. The zero-order valence-corrected chi connectivity index (χ0v) is 17.9. The first kappa shape index (κ1) is 19.1. The van der Waals surface area contributed by atoms with Gasteiger partial charge in [-0.1, -0.05) is 11.8 Å². The summed E-state index contributed by atoms with van der Waals surface area (Å²) in [4.78, 5) is 25.9. The Hall–Kier alpha value is -2.89. The van der Waals surface area contributed by atoms with Crippen LogP contribution in [0.5, 0.6) is 0 Å². The van der Waals surface area contributed by atoms with Crippen molar-refractivity contribution in [2.75, 3.05) is 0 Å². The molecule has 0 saturated heterocycles. The highest BCUT2D eigenvalue weighted by molar-refractivity contribution is 7.99. The molecule has 0 aliphatic heterocycles. The second-order valence-electron chi connectivity index (χ2n) is 7.28. The summed E-state index contributed by atoms with van der Waals surface area (Å²) in [6.07, 6.45) is 5.81. The second kappa shape index (κ2) is 7.74. The highest BCUT2D eigenvalue weighted by atomic mass is 32.2. The fourth-order valence-corrected chi connectivity index (χ4v) is 5.67. The number of pyridine rings is 1. The van der Waals surface area contributed by atoms with Crippen LogP contribution in [-0.2, 0) is 12.8 Å². The lowest BCUT2D eigenvalue weighted by molar-refractivity contribution is 0.583. The molecule has 150 valence electrons. The Bertz CT molecular complexity index is 1330. The van der Waals surface area contributed by atoms with Gasteiger partial charge in [0.25, 0.3) is 5.56 Å². The zero-order chi connectivity index (χ0) is 20.7. The number of aromatic amines is 1. The van der Waals surface area contributed by atoms with Gasteiger partial charge in [0.1, 0.15) is 27.5 Å². The maximum atomic E-state index is 12.8. The van der Waals surface area contributed by atoms with Gasteiger partial charge in [0.2, 0.25) is 0 Å². The molecule has 1 unspecified atom stereocenters. The summed E-state index contributed by atoms with van der Waals surface area (Å²) in [5.41, 5.74) is 3.44. The number of nitrogens with one attached hydrogen (secondary N) is 1. The van der Waals surface area contributed by atoms with Crippen molar-refractivity contribution in [1.29, 1.82) is 5.26 Å². The van der Waals surface area contributed by atoms with Gasteiger partial charge in [-0.15, -0.1) is 11.3 Å². The van der Waals surface area contributed by atoms with Crippen LogP contribution in [0.25, 0.3) is 21.5 Å². The lowest BCUT2D eigenvalue weighted by Gasteiger charge is -2.18. The summed E-state index contributed by atoms with van der Waals surface area (Å²) in [7, 11) is 0. The molecule has 1 aliphatic rings. The van der Waals surface area contributed by atoms with Crippen molar-refractivity contribution in [3.05, 3.63) is 62.8 Å². The Balaban J connectivity index is 1.49. The van der Waals surface area contributed by atoms with E-state index in [1.807, 2.05) is 24.4 Å². The van der Waals surface area contributed by atoms with E-state index in [1.54, 1.807) is 12.3 Å². The lowest BCUT2D eigenvalue weighted by Crippen LogP contribution is -2.13. The summed E-state index contributed by atoms with van der Waals surface area (Å²) in [6, 6.07) is 7.88. The molecule has 4 aromatic heterocycles. The zero-order valence-electron chi connectivity index (χ0n) is 16.3. The molecule has 1 N–H and O–H groups in total. The predicted octanol–water partition coefficient (Wildman–Crippen LogP) is 5.24. The average Bonchev–Trinajstić information content (AvgIpc) is 3.43. The molecule has 6 nitrogen and oxygen atoms in total. The van der Waals surface area contributed by atoms with Gasteiger partial charge in [-0.3, -0.25) is 4.79 Å². The van der Waals surface area contributed by atoms with E-state index < -0.39 is 0 Å². The topological polar surface area (TPSA) is 95.6 Å². The monoisotopic (exact) mass is 434 g/mol. The minimum absolute atomic E-state index is 0.155. The maximum Gasteiger partial charge on any atom is 0.260 e. The molecule has 0 amide bonds. The third-order valence-corrected chi connectivity index (χ3v) is 7.29. The number of fused-ring (bicyclic) bond motifs is 2. The third kappa shape index (κ3) is 3.34. The van der Waals surface area contributed by atoms with E-state index in [1.165, 1.54) is 28.7 Å². The maximum absolute atomic E-state index is 12.8. The third-order valence-electron chi connectivity index (χ3n) is 5.31. The van der Waals surface area contributed by atoms with Crippen molar-refractivity contribution < 1.29 is 4.42 Å². The number of H-pyrrole nitrogens is 1. The van der Waals surface area contributed by atoms with Gasteiger partial charge in [-0.2, -0.15) is 5.26 Å². The molecule has 30 heavy (non-hydrogen) atoms. The number of hydrogen-bond donors (Lipinski definition) is 1. The van der Waals surface area contributed by atoms with Gasteiger partial charge in [0.05, 0.1) is 22.5 Å². The number of furan rings is 1. The Labute approximate surface area is 181 Å². The fourth-order valence-electron chi connectivity index (χ4n) is 3.78. The van der Waals surface area contributed by atoms with Gasteiger partial charge in [-0.25, -0.2) is 9.97 Å². The molecule has 0 aromatic carbocycles. The predicted molar refractivity (Wildman–Crippen MR) is 118 cm³/mol. The molecule has 0 radical (unpaired) electrons. The Morgan fingerprint density at radius 3 is 3.00 bits per heavy atom. The summed E-state index contributed by atoms with van der Waals surface area (Å²) in [5, 5.41) is 12.6. The van der Waals surface area contributed by atoms with Crippen LogP contribution in [0.1, 0.15) is 47.7 Å². The van der Waals surface area contributed by atoms with Crippen molar-refractivity contribution in [2.24, 2.45) is 0 Å². The van der Waals surface area contributed by atoms with Crippen LogP contribution < -0.4 is 5.56 Å². The van der Waals surface area contributed by atoms with E-state index in [-0.39, 0.29) is 10.8 Å². The van der Waals surface area contributed by atoms with Crippen molar-refractivity contribution in [1.82, 2.24) is 15.0 Å². The minimum Gasteiger partial charge on any atom is -0.464 e. The summed E-state index contributed by atoms with van der Waals surface area (Å²) >= 11 is 2.88. The average molecular weight is 435 g/mol. The van der Waals surface area contributed by atoms with Gasteiger partial charge >= 0.3 is 0 Å². The van der Waals surface area contributed by atoms with E-state index in [2.05, 4.69) is 11.1 Å². The normalized spacial score (nSPS) is 14.4. The van der Waals surface area contributed by atoms with Crippen molar-refractivity contribution >= 4 is 33.3 Å². The van der Waals surface area contributed by atoms with Gasteiger partial charge in [-0.05, 0) is 56.4 Å². The lowest BCUT2D eigenvalue weighted by atomic mass is 9.95. The first-order chi connectivity index (χ1) is 14.6. The van der Waals surface area contributed by atoms with Crippen LogP contribution in [0, 0.1) is 11.3 Å². The van der Waals surface area contributed by atoms with Crippen LogP contribution in [-0.4, -0.2) is 15.0 Å². The summed E-state index contributed by atoms with van der Waals surface area (Å²) < 4.78 is 5.45. The SMILES string of the molecule is CC(Sc1nc2c(cc1C#N)CCCC2)c1nc2scc(-c3ccco3)c2c(=O)[nH]1. The van der Waals surface area contributed by atoms with Crippen LogP contribution in [0.4, 0.5) is 0 Å². The summed E-state index contributed by atoms with van der Waals surface area (Å²) in [5.74, 6) is 1.23. The largest absolute Gasteiger partial charge is 0.464 e. The van der Waals surface area contributed by atoms with Gasteiger partial charge in [0, 0.05) is 16.6 Å². The van der Waals surface area contributed by atoms with E-state index in [0.717, 1.165) is 36.9 Å². The van der Waals surface area contributed by atoms with Crippen LogP contribution in [0.3, 0.4) is 0 Å². The molecule has 0 spiro atoms.